The van der Waals surface area contributed by atoms with Crippen molar-refractivity contribution >= 4 is 5.97 Å². The van der Waals surface area contributed by atoms with Gasteiger partial charge in [0.15, 0.2) is 0 Å². The molecule has 0 amide bonds. The van der Waals surface area contributed by atoms with Crippen molar-refractivity contribution in [3.63, 3.8) is 0 Å². The first-order valence-corrected chi connectivity index (χ1v) is 4.73. The lowest BCUT2D eigenvalue weighted by atomic mass is 10.3. The van der Waals surface area contributed by atoms with Crippen LogP contribution in [-0.2, 0) is 14.3 Å². The van der Waals surface area contributed by atoms with Crippen LogP contribution < -0.4 is 0 Å². The number of ether oxygens (including phenoxy) is 2. The van der Waals surface area contributed by atoms with E-state index in [1.54, 1.807) is 0 Å². The van der Waals surface area contributed by atoms with Crippen molar-refractivity contribution in [1.29, 1.82) is 0 Å². The van der Waals surface area contributed by atoms with Gasteiger partial charge in [0.2, 0.25) is 0 Å². The van der Waals surface area contributed by atoms with Gasteiger partial charge in [0.25, 0.3) is 0 Å². The van der Waals surface area contributed by atoms with E-state index in [1.807, 2.05) is 0 Å². The van der Waals surface area contributed by atoms with Gasteiger partial charge in [-0.05, 0) is 6.42 Å². The summed E-state index contributed by atoms with van der Waals surface area (Å²) in [5.41, 5.74) is 0. The zero-order valence-corrected chi connectivity index (χ0v) is 9.28. The highest BCUT2D eigenvalue weighted by Gasteiger charge is 2.62. The monoisotopic (exact) mass is 298 g/mol. The van der Waals surface area contributed by atoms with Gasteiger partial charge >= 0.3 is 24.4 Å². The fourth-order valence-electron chi connectivity index (χ4n) is 0.784. The van der Waals surface area contributed by atoms with Gasteiger partial charge in [0.1, 0.15) is 0 Å². The molecule has 0 saturated heterocycles. The molecule has 0 aliphatic heterocycles. The summed E-state index contributed by atoms with van der Waals surface area (Å²) in [6.45, 7) is 1.43. The van der Waals surface area contributed by atoms with E-state index in [1.165, 1.54) is 0 Å². The van der Waals surface area contributed by atoms with E-state index in [9.17, 15) is 35.5 Å². The van der Waals surface area contributed by atoms with Crippen LogP contribution in [0.1, 0.15) is 12.8 Å². The number of esters is 1. The molecule has 0 N–H and O–H groups in total. The third-order valence-electron chi connectivity index (χ3n) is 1.62. The summed E-state index contributed by atoms with van der Waals surface area (Å²) in [7, 11) is 0. The van der Waals surface area contributed by atoms with Crippen LogP contribution in [-0.4, -0.2) is 31.0 Å². The van der Waals surface area contributed by atoms with Gasteiger partial charge in [-0.1, -0.05) is 6.58 Å². The SMILES string of the molecule is C=CC(=O)OC(F)(F)C(F)(F)OCCCC(F)(F)F. The molecule has 0 heterocycles. The molecule has 0 radical (unpaired) electrons. The quantitative estimate of drug-likeness (QED) is 0.313. The minimum absolute atomic E-state index is 0.216. The summed E-state index contributed by atoms with van der Waals surface area (Å²) in [5.74, 6) is -1.83. The van der Waals surface area contributed by atoms with Crippen LogP contribution >= 0.6 is 0 Å². The standard InChI is InChI=1S/C9H9F7O3/c1-2-6(17)19-9(15,16)8(13,14)18-5-3-4-7(10,11)12/h2H,1,3-5H2. The molecule has 0 aromatic heterocycles. The van der Waals surface area contributed by atoms with Crippen molar-refractivity contribution in [3.8, 4) is 0 Å². The van der Waals surface area contributed by atoms with Crippen molar-refractivity contribution in [2.45, 2.75) is 31.2 Å². The van der Waals surface area contributed by atoms with Crippen molar-refractivity contribution in [1.82, 2.24) is 0 Å². The Hall–Kier alpha value is -1.32. The molecular formula is C9H9F7O3. The fourth-order valence-corrected chi connectivity index (χ4v) is 0.784. The third kappa shape index (κ3) is 6.41. The Bertz CT molecular complexity index is 324. The maximum absolute atomic E-state index is 12.8. The molecule has 19 heavy (non-hydrogen) atoms. The van der Waals surface area contributed by atoms with Crippen LogP contribution in [0.15, 0.2) is 12.7 Å². The lowest BCUT2D eigenvalue weighted by molar-refractivity contribution is -0.417. The molecule has 0 fully saturated rings. The van der Waals surface area contributed by atoms with Crippen LogP contribution in [0.2, 0.25) is 0 Å². The molecule has 0 saturated carbocycles. The number of halogens is 7. The van der Waals surface area contributed by atoms with Crippen LogP contribution in [0, 0.1) is 0 Å². The van der Waals surface area contributed by atoms with Crippen molar-refractivity contribution in [2.75, 3.05) is 6.61 Å². The average Bonchev–Trinajstić information content (AvgIpc) is 2.22. The van der Waals surface area contributed by atoms with E-state index >= 15 is 0 Å². The van der Waals surface area contributed by atoms with Gasteiger partial charge in [-0.15, -0.1) is 0 Å². The minimum Gasteiger partial charge on any atom is -0.391 e. The minimum atomic E-state index is -5.31. The second kappa shape index (κ2) is 6.22. The van der Waals surface area contributed by atoms with E-state index < -0.39 is 43.8 Å². The number of hydrogen-bond acceptors (Lipinski definition) is 3. The first kappa shape index (κ1) is 17.7. The van der Waals surface area contributed by atoms with E-state index in [2.05, 4.69) is 16.1 Å². The predicted octanol–water partition coefficient (Wildman–Crippen LogP) is 3.26. The summed E-state index contributed by atoms with van der Waals surface area (Å²) >= 11 is 0. The largest absolute Gasteiger partial charge is 0.496 e. The number of carbonyl (C=O) groups is 1. The molecule has 3 nitrogen and oxygen atoms in total. The fraction of sp³-hybridized carbons (Fsp3) is 0.667. The number of hydrogen-bond donors (Lipinski definition) is 0. The highest BCUT2D eigenvalue weighted by atomic mass is 19.4. The molecule has 0 rings (SSSR count). The molecule has 0 spiro atoms. The van der Waals surface area contributed by atoms with Crippen molar-refractivity contribution in [2.24, 2.45) is 0 Å². The zero-order valence-electron chi connectivity index (χ0n) is 9.28. The van der Waals surface area contributed by atoms with E-state index in [0.29, 0.717) is 0 Å². The van der Waals surface area contributed by atoms with Gasteiger partial charge in [-0.25, -0.2) is 4.79 Å². The normalized spacial score (nSPS) is 13.2. The Morgan fingerprint density at radius 1 is 1.05 bits per heavy atom. The Kier molecular flexibility index (Phi) is 5.79. The van der Waals surface area contributed by atoms with Crippen molar-refractivity contribution < 1.29 is 45.0 Å². The lowest BCUT2D eigenvalue weighted by Crippen LogP contribution is -2.46. The summed E-state index contributed by atoms with van der Waals surface area (Å²) in [5, 5.41) is 0. The summed E-state index contributed by atoms with van der Waals surface area (Å²) < 4.78 is 92.3. The molecular weight excluding hydrogens is 289 g/mol. The highest BCUT2D eigenvalue weighted by molar-refractivity contribution is 5.81. The Labute approximate surface area is 103 Å². The predicted molar refractivity (Wildman–Crippen MR) is 47.4 cm³/mol. The van der Waals surface area contributed by atoms with E-state index in [4.69, 9.17) is 0 Å². The second-order valence-corrected chi connectivity index (χ2v) is 3.23. The summed E-state index contributed by atoms with van der Waals surface area (Å²) in [6, 6.07) is 0. The Morgan fingerprint density at radius 3 is 2.00 bits per heavy atom. The van der Waals surface area contributed by atoms with Gasteiger partial charge in [-0.3, -0.25) is 0 Å². The van der Waals surface area contributed by atoms with Crippen LogP contribution in [0.3, 0.4) is 0 Å². The van der Waals surface area contributed by atoms with Gasteiger partial charge in [0, 0.05) is 12.5 Å². The third-order valence-corrected chi connectivity index (χ3v) is 1.62. The molecule has 0 aliphatic carbocycles. The van der Waals surface area contributed by atoms with Crippen LogP contribution in [0.25, 0.3) is 0 Å². The first-order chi connectivity index (χ1) is 8.41. The zero-order chi connectivity index (χ0) is 15.3. The molecule has 10 heteroatoms. The van der Waals surface area contributed by atoms with E-state index in [-0.39, 0.29) is 6.08 Å². The number of rotatable bonds is 7. The summed E-state index contributed by atoms with van der Waals surface area (Å²) in [6.07, 6.45) is -17.4. The number of carbonyl (C=O) groups excluding carboxylic acids is 1. The second-order valence-electron chi connectivity index (χ2n) is 3.23. The van der Waals surface area contributed by atoms with Crippen LogP contribution in [0.5, 0.6) is 0 Å². The molecule has 0 atom stereocenters. The molecule has 0 aliphatic rings. The first-order valence-electron chi connectivity index (χ1n) is 4.73. The number of alkyl halides is 7. The Balaban J connectivity index is 4.36. The topological polar surface area (TPSA) is 35.5 Å². The Morgan fingerprint density at radius 2 is 1.58 bits per heavy atom. The summed E-state index contributed by atoms with van der Waals surface area (Å²) in [4.78, 5) is 10.4. The highest BCUT2D eigenvalue weighted by Crippen LogP contribution is 2.36. The molecule has 0 aromatic carbocycles. The smallest absolute Gasteiger partial charge is 0.391 e. The van der Waals surface area contributed by atoms with Gasteiger partial charge in [-0.2, -0.15) is 30.7 Å². The maximum atomic E-state index is 12.8. The average molecular weight is 298 g/mol. The molecule has 0 bridgehead atoms. The van der Waals surface area contributed by atoms with E-state index in [0.717, 1.165) is 0 Å². The van der Waals surface area contributed by atoms with Crippen LogP contribution in [0.4, 0.5) is 30.7 Å². The molecule has 112 valence electrons. The molecule has 0 unspecified atom stereocenters. The van der Waals surface area contributed by atoms with Gasteiger partial charge < -0.3 is 9.47 Å². The van der Waals surface area contributed by atoms with Gasteiger partial charge in [0.05, 0.1) is 6.61 Å². The van der Waals surface area contributed by atoms with Crippen molar-refractivity contribution in [3.05, 3.63) is 12.7 Å². The lowest BCUT2D eigenvalue weighted by Gasteiger charge is -2.24. The maximum Gasteiger partial charge on any atom is 0.496 e. The molecule has 0 aromatic rings.